The number of nitro benzene ring substituents is 1. The Morgan fingerprint density at radius 2 is 1.57 bits per heavy atom. The molecule has 3 aromatic rings. The molecule has 0 radical (unpaired) electrons. The predicted octanol–water partition coefficient (Wildman–Crippen LogP) is 5.20. The van der Waals surface area contributed by atoms with Gasteiger partial charge in [0.1, 0.15) is 18.1 Å². The lowest BCUT2D eigenvalue weighted by Gasteiger charge is -2.15. The van der Waals surface area contributed by atoms with Gasteiger partial charge < -0.3 is 9.47 Å². The number of nitro groups is 1. The number of esters is 1. The number of anilines is 1. The van der Waals surface area contributed by atoms with E-state index in [4.69, 9.17) is 9.47 Å². The first kappa shape index (κ1) is 23.9. The van der Waals surface area contributed by atoms with Gasteiger partial charge in [0.25, 0.3) is 5.69 Å². The molecule has 37 heavy (non-hydrogen) atoms. The number of ether oxygens (including phenoxy) is 2. The van der Waals surface area contributed by atoms with Crippen molar-refractivity contribution >= 4 is 29.2 Å². The van der Waals surface area contributed by atoms with Crippen LogP contribution in [0.3, 0.4) is 0 Å². The van der Waals surface area contributed by atoms with Crippen LogP contribution in [0.1, 0.15) is 28.8 Å². The maximum absolute atomic E-state index is 12.9. The van der Waals surface area contributed by atoms with E-state index in [2.05, 4.69) is 0 Å². The van der Waals surface area contributed by atoms with Crippen molar-refractivity contribution in [1.29, 1.82) is 0 Å². The van der Waals surface area contributed by atoms with Gasteiger partial charge in [0.05, 0.1) is 28.0 Å². The zero-order chi connectivity index (χ0) is 25.9. The van der Waals surface area contributed by atoms with Gasteiger partial charge in [-0.15, -0.1) is 0 Å². The molecule has 1 heterocycles. The monoisotopic (exact) mass is 498 g/mol. The van der Waals surface area contributed by atoms with Crippen molar-refractivity contribution in [3.8, 4) is 11.5 Å². The second kappa shape index (κ2) is 10.1. The number of allylic oxidation sites excluding steroid dienone is 2. The number of rotatable bonds is 7. The van der Waals surface area contributed by atoms with Gasteiger partial charge in [-0.05, 0) is 60.9 Å². The minimum atomic E-state index is -0.596. The number of non-ortho nitro benzene ring substituents is 1. The number of hydrogen-bond donors (Lipinski definition) is 0. The van der Waals surface area contributed by atoms with Crippen molar-refractivity contribution in [1.82, 2.24) is 0 Å². The average molecular weight is 498 g/mol. The minimum Gasteiger partial charge on any atom is -0.457 e. The van der Waals surface area contributed by atoms with Crippen LogP contribution in [-0.4, -0.2) is 22.7 Å². The van der Waals surface area contributed by atoms with E-state index in [-0.39, 0.29) is 41.5 Å². The zero-order valence-corrected chi connectivity index (χ0v) is 19.6. The van der Waals surface area contributed by atoms with Crippen LogP contribution in [0.15, 0.2) is 84.9 Å². The summed E-state index contributed by atoms with van der Waals surface area (Å²) in [6.07, 6.45) is 4.94. The molecule has 9 nitrogen and oxygen atoms in total. The first-order valence-electron chi connectivity index (χ1n) is 11.7. The molecule has 0 bridgehead atoms. The van der Waals surface area contributed by atoms with Gasteiger partial charge in [-0.2, -0.15) is 0 Å². The Morgan fingerprint density at radius 1 is 0.892 bits per heavy atom. The summed E-state index contributed by atoms with van der Waals surface area (Å²) in [7, 11) is 0. The molecule has 0 spiro atoms. The summed E-state index contributed by atoms with van der Waals surface area (Å²) < 4.78 is 11.2. The van der Waals surface area contributed by atoms with Crippen LogP contribution < -0.4 is 9.64 Å². The van der Waals surface area contributed by atoms with E-state index in [0.717, 1.165) is 0 Å². The van der Waals surface area contributed by atoms with E-state index < -0.39 is 10.9 Å². The number of carbonyl (C=O) groups is 3. The Morgan fingerprint density at radius 3 is 2.24 bits per heavy atom. The highest BCUT2D eigenvalue weighted by atomic mass is 16.6. The fourth-order valence-electron chi connectivity index (χ4n) is 4.53. The van der Waals surface area contributed by atoms with Crippen molar-refractivity contribution in [2.24, 2.45) is 11.8 Å². The molecule has 2 atom stereocenters. The lowest BCUT2D eigenvalue weighted by atomic mass is 9.85. The van der Waals surface area contributed by atoms with Crippen molar-refractivity contribution in [3.63, 3.8) is 0 Å². The van der Waals surface area contributed by atoms with Crippen molar-refractivity contribution < 1.29 is 28.8 Å². The Balaban J connectivity index is 1.23. The fraction of sp³-hybridized carbons (Fsp3) is 0.179. The average Bonchev–Trinajstić information content (AvgIpc) is 3.17. The molecule has 1 aliphatic heterocycles. The Labute approximate surface area is 212 Å². The molecule has 5 rings (SSSR count). The first-order valence-corrected chi connectivity index (χ1v) is 11.7. The van der Waals surface area contributed by atoms with Crippen molar-refractivity contribution in [2.45, 2.75) is 19.4 Å². The van der Waals surface area contributed by atoms with E-state index in [9.17, 15) is 24.5 Å². The minimum absolute atomic E-state index is 0.0298. The van der Waals surface area contributed by atoms with Crippen LogP contribution in [0.5, 0.6) is 11.5 Å². The molecule has 0 aromatic heterocycles. The third kappa shape index (κ3) is 4.97. The van der Waals surface area contributed by atoms with Gasteiger partial charge in [0, 0.05) is 12.1 Å². The van der Waals surface area contributed by atoms with Gasteiger partial charge in [-0.1, -0.05) is 30.4 Å². The quantitative estimate of drug-likeness (QED) is 0.145. The lowest BCUT2D eigenvalue weighted by Crippen LogP contribution is -2.31. The summed E-state index contributed by atoms with van der Waals surface area (Å²) in [6.45, 7) is -0.0298. The van der Waals surface area contributed by atoms with Crippen LogP contribution in [0.25, 0.3) is 0 Å². The summed E-state index contributed by atoms with van der Waals surface area (Å²) in [6, 6.07) is 18.9. The summed E-state index contributed by atoms with van der Waals surface area (Å²) in [5.74, 6) is -0.877. The third-order valence-electron chi connectivity index (χ3n) is 6.40. The number of benzene rings is 3. The maximum Gasteiger partial charge on any atom is 0.338 e. The molecule has 0 saturated carbocycles. The largest absolute Gasteiger partial charge is 0.457 e. The highest BCUT2D eigenvalue weighted by Gasteiger charge is 2.47. The van der Waals surface area contributed by atoms with Gasteiger partial charge in [0.15, 0.2) is 0 Å². The predicted molar refractivity (Wildman–Crippen MR) is 133 cm³/mol. The lowest BCUT2D eigenvalue weighted by molar-refractivity contribution is -0.384. The summed E-state index contributed by atoms with van der Waals surface area (Å²) in [5.41, 5.74) is 1.22. The number of carbonyl (C=O) groups excluding carboxylic acids is 3. The fourth-order valence-corrected chi connectivity index (χ4v) is 4.53. The van der Waals surface area contributed by atoms with E-state index in [1.165, 1.54) is 35.2 Å². The van der Waals surface area contributed by atoms with Crippen LogP contribution >= 0.6 is 0 Å². The Kier molecular flexibility index (Phi) is 6.51. The smallest absolute Gasteiger partial charge is 0.338 e. The SMILES string of the molecule is O=C(OCc1cccc(Oc2ccc([N+](=O)[O-])cc2)c1)c1cccc(N2C(=O)[C@H]3CC=CC[C@H]3C2=O)c1. The highest BCUT2D eigenvalue weighted by Crippen LogP contribution is 2.37. The van der Waals surface area contributed by atoms with Gasteiger partial charge in [-0.25, -0.2) is 4.79 Å². The van der Waals surface area contributed by atoms with Gasteiger partial charge in [0.2, 0.25) is 11.8 Å². The van der Waals surface area contributed by atoms with E-state index in [1.54, 1.807) is 42.5 Å². The molecular weight excluding hydrogens is 476 g/mol. The highest BCUT2D eigenvalue weighted by molar-refractivity contribution is 6.22. The Bertz CT molecular complexity index is 1390. The molecule has 2 amide bonds. The van der Waals surface area contributed by atoms with Crippen molar-refractivity contribution in [3.05, 3.63) is 106 Å². The standard InChI is InChI=1S/C28H22N2O7/c31-26-24-9-1-2-10-25(24)27(32)29(26)21-7-4-6-19(16-21)28(33)36-17-18-5-3-8-23(15-18)37-22-13-11-20(12-14-22)30(34)35/h1-8,11-16,24-25H,9-10,17H2/t24-,25+. The molecule has 0 N–H and O–H groups in total. The molecule has 3 aromatic carbocycles. The Hall–Kier alpha value is -4.79. The number of amides is 2. The van der Waals surface area contributed by atoms with Crippen LogP contribution in [0.4, 0.5) is 11.4 Å². The molecule has 9 heteroatoms. The van der Waals surface area contributed by atoms with E-state index in [1.807, 2.05) is 12.2 Å². The van der Waals surface area contributed by atoms with Crippen LogP contribution in [0.2, 0.25) is 0 Å². The zero-order valence-electron chi connectivity index (χ0n) is 19.6. The molecule has 186 valence electrons. The van der Waals surface area contributed by atoms with E-state index >= 15 is 0 Å². The van der Waals surface area contributed by atoms with Crippen LogP contribution in [0, 0.1) is 22.0 Å². The van der Waals surface area contributed by atoms with Crippen molar-refractivity contribution in [2.75, 3.05) is 4.90 Å². The maximum atomic E-state index is 12.9. The molecule has 0 unspecified atom stereocenters. The molecule has 2 aliphatic rings. The topological polar surface area (TPSA) is 116 Å². The van der Waals surface area contributed by atoms with Crippen LogP contribution in [-0.2, 0) is 20.9 Å². The summed E-state index contributed by atoms with van der Waals surface area (Å²) in [4.78, 5) is 50.0. The first-order chi connectivity index (χ1) is 17.9. The second-order valence-electron chi connectivity index (χ2n) is 8.79. The van der Waals surface area contributed by atoms with Gasteiger partial charge in [-0.3, -0.25) is 24.6 Å². The number of imide groups is 1. The molecular formula is C28H22N2O7. The normalized spacial score (nSPS) is 18.4. The van der Waals surface area contributed by atoms with E-state index in [0.29, 0.717) is 35.6 Å². The molecule has 1 fully saturated rings. The third-order valence-corrected chi connectivity index (χ3v) is 6.40. The second-order valence-corrected chi connectivity index (χ2v) is 8.79. The molecule has 1 aliphatic carbocycles. The summed E-state index contributed by atoms with van der Waals surface area (Å²) in [5, 5.41) is 10.8. The number of nitrogens with zero attached hydrogens (tertiary/aromatic N) is 2. The summed E-state index contributed by atoms with van der Waals surface area (Å²) >= 11 is 0. The molecule has 1 saturated heterocycles. The number of fused-ring (bicyclic) bond motifs is 1. The van der Waals surface area contributed by atoms with Gasteiger partial charge >= 0.3 is 5.97 Å². The number of hydrogen-bond acceptors (Lipinski definition) is 7.